The molecular formula is C22H31N5O3. The number of carbonyl (C=O) groups is 1. The Labute approximate surface area is 176 Å². The zero-order valence-electron chi connectivity index (χ0n) is 18.0. The van der Waals surface area contributed by atoms with Gasteiger partial charge >= 0.3 is 0 Å². The number of amides is 1. The molecular weight excluding hydrogens is 382 g/mol. The van der Waals surface area contributed by atoms with Crippen LogP contribution in [-0.4, -0.2) is 76.2 Å². The van der Waals surface area contributed by atoms with Gasteiger partial charge in [-0.25, -0.2) is 9.50 Å². The van der Waals surface area contributed by atoms with E-state index in [1.54, 1.807) is 6.07 Å². The number of nitrogens with one attached hydrogen (secondary N) is 1. The maximum Gasteiger partial charge on any atom is 0.285 e. The number of aromatic amines is 1. The average molecular weight is 414 g/mol. The molecule has 2 aromatic heterocycles. The summed E-state index contributed by atoms with van der Waals surface area (Å²) < 4.78 is 7.68. The third kappa shape index (κ3) is 3.56. The fraction of sp³-hybridized carbons (Fsp3) is 0.682. The summed E-state index contributed by atoms with van der Waals surface area (Å²) in [5.74, 6) is 1.43. The number of ether oxygens (including phenoxy) is 1. The first-order valence-electron chi connectivity index (χ1n) is 11.1. The lowest BCUT2D eigenvalue weighted by Crippen LogP contribution is -2.48. The van der Waals surface area contributed by atoms with E-state index in [0.29, 0.717) is 36.6 Å². The van der Waals surface area contributed by atoms with Crippen LogP contribution in [0.5, 0.6) is 0 Å². The van der Waals surface area contributed by atoms with Crippen LogP contribution in [0.1, 0.15) is 41.7 Å². The Hall–Kier alpha value is -2.19. The number of hydrogen-bond donors (Lipinski definition) is 1. The second-order valence-corrected chi connectivity index (χ2v) is 9.66. The molecule has 0 spiro atoms. The van der Waals surface area contributed by atoms with Gasteiger partial charge in [0.2, 0.25) is 0 Å². The van der Waals surface area contributed by atoms with Crippen LogP contribution < -0.4 is 5.56 Å². The molecule has 1 amide bonds. The van der Waals surface area contributed by atoms with Crippen molar-refractivity contribution >= 4 is 11.6 Å². The van der Waals surface area contributed by atoms with Crippen molar-refractivity contribution in [1.29, 1.82) is 0 Å². The highest BCUT2D eigenvalue weighted by Gasteiger charge is 2.45. The van der Waals surface area contributed by atoms with Gasteiger partial charge < -0.3 is 14.5 Å². The van der Waals surface area contributed by atoms with Crippen LogP contribution >= 0.6 is 0 Å². The van der Waals surface area contributed by atoms with Crippen LogP contribution in [-0.2, 0) is 4.74 Å². The maximum absolute atomic E-state index is 13.2. The summed E-state index contributed by atoms with van der Waals surface area (Å²) in [6.45, 7) is 4.13. The van der Waals surface area contributed by atoms with Crippen molar-refractivity contribution in [3.8, 4) is 0 Å². The van der Waals surface area contributed by atoms with E-state index in [0.717, 1.165) is 31.1 Å². The Morgan fingerprint density at radius 2 is 2.00 bits per heavy atom. The number of aromatic nitrogens is 3. The maximum atomic E-state index is 13.2. The second-order valence-electron chi connectivity index (χ2n) is 9.66. The summed E-state index contributed by atoms with van der Waals surface area (Å²) >= 11 is 0. The molecule has 0 bridgehead atoms. The van der Waals surface area contributed by atoms with Crippen LogP contribution in [0.4, 0.5) is 0 Å². The average Bonchev–Trinajstić information content (AvgIpc) is 3.31. The summed E-state index contributed by atoms with van der Waals surface area (Å²) in [7, 11) is 4.24. The van der Waals surface area contributed by atoms with Crippen molar-refractivity contribution in [1.82, 2.24) is 24.4 Å². The lowest BCUT2D eigenvalue weighted by atomic mass is 9.77. The quantitative estimate of drug-likeness (QED) is 0.804. The van der Waals surface area contributed by atoms with Gasteiger partial charge in [-0.2, -0.15) is 0 Å². The monoisotopic (exact) mass is 413 g/mol. The van der Waals surface area contributed by atoms with Gasteiger partial charge in [0.25, 0.3) is 11.5 Å². The summed E-state index contributed by atoms with van der Waals surface area (Å²) in [6, 6.07) is 2.18. The highest BCUT2D eigenvalue weighted by Crippen LogP contribution is 2.40. The summed E-state index contributed by atoms with van der Waals surface area (Å²) in [5, 5.41) is 2.96. The highest BCUT2D eigenvalue weighted by atomic mass is 16.5. The first kappa shape index (κ1) is 19.8. The lowest BCUT2D eigenvalue weighted by molar-refractivity contribution is -0.0493. The Balaban J connectivity index is 1.32. The van der Waals surface area contributed by atoms with Gasteiger partial charge in [0, 0.05) is 43.7 Å². The molecule has 5 rings (SSSR count). The molecule has 1 aliphatic heterocycles. The number of carbonyl (C=O) groups excluding carboxylic acids is 1. The van der Waals surface area contributed by atoms with Crippen LogP contribution in [0.2, 0.25) is 0 Å². The number of likely N-dealkylation sites (N-methyl/N-ethyl adjacent to an activating group) is 1. The number of fused-ring (bicyclic) bond motifs is 2. The first-order valence-corrected chi connectivity index (χ1v) is 11.1. The number of nitrogens with zero attached hydrogens (tertiary/aromatic N) is 4. The van der Waals surface area contributed by atoms with E-state index in [1.807, 2.05) is 11.8 Å². The topological polar surface area (TPSA) is 82.9 Å². The van der Waals surface area contributed by atoms with E-state index in [-0.39, 0.29) is 23.1 Å². The molecule has 8 nitrogen and oxygen atoms in total. The van der Waals surface area contributed by atoms with E-state index in [9.17, 15) is 9.59 Å². The molecule has 0 radical (unpaired) electrons. The molecule has 3 aliphatic rings. The number of hydrogen-bond acceptors (Lipinski definition) is 5. The molecule has 162 valence electrons. The van der Waals surface area contributed by atoms with Gasteiger partial charge in [-0.05, 0) is 64.5 Å². The van der Waals surface area contributed by atoms with E-state index in [4.69, 9.17) is 4.74 Å². The molecule has 0 aromatic carbocycles. The Kier molecular flexibility index (Phi) is 4.94. The molecule has 3 fully saturated rings. The predicted octanol–water partition coefficient (Wildman–Crippen LogP) is 1.54. The standard InChI is InChI=1S/C22H31N5O3/c1-13-6-20-23-9-17(22(29)27(20)24-13)21(28)26-10-15-7-18(25(2)3)19(8-16(15)11-26)30-12-14-4-5-14/h6,9,14-16,18-19,24H,4-5,7-8,10-12H2,1-3H3/t15-,16+,18-,19-/m1/s1. The van der Waals surface area contributed by atoms with Gasteiger partial charge in [-0.3, -0.25) is 14.7 Å². The molecule has 4 atom stereocenters. The molecule has 2 aliphatic carbocycles. The minimum absolute atomic E-state index is 0.138. The SMILES string of the molecule is Cc1cc2ncc(C(=O)N3C[C@H]4C[C@@H](N(C)C)[C@H](OCC5CC5)C[C@H]4C3)c(=O)n2[nH]1. The van der Waals surface area contributed by atoms with E-state index >= 15 is 0 Å². The minimum atomic E-state index is -0.329. The lowest BCUT2D eigenvalue weighted by Gasteiger charge is -2.41. The third-order valence-corrected chi connectivity index (χ3v) is 7.13. The summed E-state index contributed by atoms with van der Waals surface area (Å²) in [4.78, 5) is 34.4. The van der Waals surface area contributed by atoms with Gasteiger partial charge in [0.1, 0.15) is 5.56 Å². The minimum Gasteiger partial charge on any atom is -0.376 e. The third-order valence-electron chi connectivity index (χ3n) is 7.13. The van der Waals surface area contributed by atoms with Gasteiger partial charge in [0.05, 0.1) is 6.10 Å². The number of likely N-dealkylation sites (tertiary alicyclic amines) is 1. The zero-order valence-corrected chi connectivity index (χ0v) is 18.0. The summed E-state index contributed by atoms with van der Waals surface area (Å²) in [6.07, 6.45) is 6.25. The van der Waals surface area contributed by atoms with E-state index in [2.05, 4.69) is 29.1 Å². The van der Waals surface area contributed by atoms with Crippen LogP contribution in [0, 0.1) is 24.7 Å². The van der Waals surface area contributed by atoms with Gasteiger partial charge in [-0.15, -0.1) is 0 Å². The zero-order chi connectivity index (χ0) is 21.0. The van der Waals surface area contributed by atoms with Crippen molar-refractivity contribution in [2.24, 2.45) is 17.8 Å². The number of aryl methyl sites for hydroxylation is 1. The predicted molar refractivity (Wildman–Crippen MR) is 113 cm³/mol. The second kappa shape index (κ2) is 7.50. The van der Waals surface area contributed by atoms with Crippen molar-refractivity contribution in [2.75, 3.05) is 33.8 Å². The van der Waals surface area contributed by atoms with Gasteiger partial charge in [0.15, 0.2) is 5.65 Å². The van der Waals surface area contributed by atoms with E-state index < -0.39 is 0 Å². The normalized spacial score (nSPS) is 29.0. The number of H-pyrrole nitrogens is 1. The Bertz CT molecular complexity index is 1010. The van der Waals surface area contributed by atoms with Crippen LogP contribution in [0.25, 0.3) is 5.65 Å². The fourth-order valence-electron chi connectivity index (χ4n) is 5.22. The van der Waals surface area contributed by atoms with Crippen molar-refractivity contribution in [3.63, 3.8) is 0 Å². The van der Waals surface area contributed by atoms with E-state index in [1.165, 1.54) is 23.6 Å². The Morgan fingerprint density at radius 3 is 2.70 bits per heavy atom. The molecule has 1 N–H and O–H groups in total. The first-order chi connectivity index (χ1) is 14.4. The van der Waals surface area contributed by atoms with Gasteiger partial charge in [-0.1, -0.05) is 0 Å². The molecule has 0 unspecified atom stereocenters. The molecule has 8 heteroatoms. The molecule has 30 heavy (non-hydrogen) atoms. The molecule has 2 saturated carbocycles. The molecule has 3 heterocycles. The fourth-order valence-corrected chi connectivity index (χ4v) is 5.22. The smallest absolute Gasteiger partial charge is 0.285 e. The largest absolute Gasteiger partial charge is 0.376 e. The van der Waals surface area contributed by atoms with Crippen LogP contribution in [0.3, 0.4) is 0 Å². The van der Waals surface area contributed by atoms with Crippen molar-refractivity contribution in [3.05, 3.63) is 33.9 Å². The Morgan fingerprint density at radius 1 is 1.27 bits per heavy atom. The van der Waals surface area contributed by atoms with Crippen molar-refractivity contribution < 1.29 is 9.53 Å². The van der Waals surface area contributed by atoms with Crippen molar-refractivity contribution in [2.45, 2.75) is 44.8 Å². The highest BCUT2D eigenvalue weighted by molar-refractivity contribution is 5.94. The number of rotatable bonds is 5. The molecule has 1 saturated heterocycles. The summed E-state index contributed by atoms with van der Waals surface area (Å²) in [5.41, 5.74) is 1.18. The molecule has 2 aromatic rings. The van der Waals surface area contributed by atoms with Crippen LogP contribution in [0.15, 0.2) is 17.1 Å².